The second kappa shape index (κ2) is 7.94. The van der Waals surface area contributed by atoms with E-state index in [1.54, 1.807) is 7.11 Å². The average Bonchev–Trinajstić information content (AvgIpc) is 3.12. The van der Waals surface area contributed by atoms with Crippen LogP contribution in [0.5, 0.6) is 5.75 Å². The van der Waals surface area contributed by atoms with Crippen LogP contribution in [0.1, 0.15) is 12.5 Å². The first-order valence-electron chi connectivity index (χ1n) is 9.35. The standard InChI is InChI=1S/C22H25N3O2/c1-17-14-24(12-13-27-17)15-19-16-25(20-6-4-3-5-7-20)23-22(19)18-8-10-21(26-2)11-9-18/h3-11,16-17H,12-15H2,1-2H3/t17-/m1/s1. The van der Waals surface area contributed by atoms with Crippen LogP contribution in [0, 0.1) is 0 Å². The minimum absolute atomic E-state index is 0.271. The molecule has 5 nitrogen and oxygen atoms in total. The first-order chi connectivity index (χ1) is 13.2. The summed E-state index contributed by atoms with van der Waals surface area (Å²) >= 11 is 0. The Morgan fingerprint density at radius 3 is 2.59 bits per heavy atom. The third-order valence-corrected chi connectivity index (χ3v) is 4.89. The van der Waals surface area contributed by atoms with Crippen molar-refractivity contribution in [2.75, 3.05) is 26.8 Å². The first-order valence-corrected chi connectivity index (χ1v) is 9.35. The smallest absolute Gasteiger partial charge is 0.118 e. The van der Waals surface area contributed by atoms with Gasteiger partial charge in [0, 0.05) is 37.0 Å². The minimum Gasteiger partial charge on any atom is -0.497 e. The molecular weight excluding hydrogens is 338 g/mol. The quantitative estimate of drug-likeness (QED) is 0.692. The number of hydrogen-bond donors (Lipinski definition) is 0. The normalized spacial score (nSPS) is 17.8. The molecule has 27 heavy (non-hydrogen) atoms. The largest absolute Gasteiger partial charge is 0.497 e. The van der Waals surface area contributed by atoms with Gasteiger partial charge in [0.05, 0.1) is 31.2 Å². The topological polar surface area (TPSA) is 39.5 Å². The average molecular weight is 363 g/mol. The molecule has 140 valence electrons. The van der Waals surface area contributed by atoms with E-state index in [-0.39, 0.29) is 6.10 Å². The van der Waals surface area contributed by atoms with Gasteiger partial charge in [-0.1, -0.05) is 18.2 Å². The van der Waals surface area contributed by atoms with Crippen LogP contribution >= 0.6 is 0 Å². The molecule has 2 heterocycles. The Labute approximate surface area is 160 Å². The second-order valence-electron chi connectivity index (χ2n) is 6.93. The van der Waals surface area contributed by atoms with Crippen LogP contribution in [0.15, 0.2) is 60.8 Å². The van der Waals surface area contributed by atoms with E-state index in [4.69, 9.17) is 14.6 Å². The summed E-state index contributed by atoms with van der Waals surface area (Å²) in [7, 11) is 1.68. The number of aromatic nitrogens is 2. The molecule has 0 N–H and O–H groups in total. The molecule has 5 heteroatoms. The number of rotatable bonds is 5. The molecule has 1 atom stereocenters. The fourth-order valence-corrected chi connectivity index (χ4v) is 3.51. The molecule has 3 aromatic rings. The molecule has 4 rings (SSSR count). The van der Waals surface area contributed by atoms with Crippen molar-refractivity contribution in [3.8, 4) is 22.7 Å². The Hall–Kier alpha value is -2.63. The van der Waals surface area contributed by atoms with Crippen molar-refractivity contribution >= 4 is 0 Å². The van der Waals surface area contributed by atoms with E-state index in [1.807, 2.05) is 35.0 Å². The summed E-state index contributed by atoms with van der Waals surface area (Å²) in [4.78, 5) is 2.44. The predicted octanol–water partition coefficient (Wildman–Crippen LogP) is 3.77. The molecule has 0 saturated carbocycles. The van der Waals surface area contributed by atoms with Crippen molar-refractivity contribution < 1.29 is 9.47 Å². The maximum absolute atomic E-state index is 5.68. The zero-order valence-corrected chi connectivity index (χ0v) is 15.8. The number of hydrogen-bond acceptors (Lipinski definition) is 4. The van der Waals surface area contributed by atoms with E-state index in [1.165, 1.54) is 5.56 Å². The molecule has 2 aromatic carbocycles. The Bertz CT molecular complexity index is 874. The van der Waals surface area contributed by atoms with Gasteiger partial charge in [0.25, 0.3) is 0 Å². The number of nitrogens with zero attached hydrogens (tertiary/aromatic N) is 3. The second-order valence-corrected chi connectivity index (χ2v) is 6.93. The lowest BCUT2D eigenvalue weighted by atomic mass is 10.1. The summed E-state index contributed by atoms with van der Waals surface area (Å²) < 4.78 is 13.0. The molecule has 1 aliphatic heterocycles. The van der Waals surface area contributed by atoms with Gasteiger partial charge < -0.3 is 9.47 Å². The molecule has 0 aliphatic carbocycles. The lowest BCUT2D eigenvalue weighted by molar-refractivity contribution is -0.0211. The maximum Gasteiger partial charge on any atom is 0.118 e. The van der Waals surface area contributed by atoms with Crippen molar-refractivity contribution in [3.05, 3.63) is 66.4 Å². The van der Waals surface area contributed by atoms with Gasteiger partial charge in [-0.05, 0) is 43.3 Å². The monoisotopic (exact) mass is 363 g/mol. The third kappa shape index (κ3) is 4.04. The van der Waals surface area contributed by atoms with E-state index < -0.39 is 0 Å². The van der Waals surface area contributed by atoms with Crippen molar-refractivity contribution in [2.24, 2.45) is 0 Å². The van der Waals surface area contributed by atoms with E-state index in [0.717, 1.165) is 48.9 Å². The minimum atomic E-state index is 0.271. The number of para-hydroxylation sites is 1. The highest BCUT2D eigenvalue weighted by Crippen LogP contribution is 2.27. The summed E-state index contributed by atoms with van der Waals surface area (Å²) in [6.07, 6.45) is 2.42. The predicted molar refractivity (Wildman–Crippen MR) is 106 cm³/mol. The Kier molecular flexibility index (Phi) is 5.23. The Morgan fingerprint density at radius 1 is 1.11 bits per heavy atom. The van der Waals surface area contributed by atoms with E-state index >= 15 is 0 Å². The van der Waals surface area contributed by atoms with E-state index in [9.17, 15) is 0 Å². The van der Waals surface area contributed by atoms with E-state index in [2.05, 4.69) is 42.3 Å². The van der Waals surface area contributed by atoms with Gasteiger partial charge in [-0.25, -0.2) is 4.68 Å². The summed E-state index contributed by atoms with van der Waals surface area (Å²) in [5.41, 5.74) is 4.40. The number of morpholine rings is 1. The maximum atomic E-state index is 5.68. The summed E-state index contributed by atoms with van der Waals surface area (Å²) in [6, 6.07) is 18.4. The Balaban J connectivity index is 1.69. The molecule has 0 radical (unpaired) electrons. The zero-order chi connectivity index (χ0) is 18.6. The molecule has 0 amide bonds. The van der Waals surface area contributed by atoms with Crippen LogP contribution in [-0.4, -0.2) is 47.6 Å². The highest BCUT2D eigenvalue weighted by molar-refractivity contribution is 5.64. The first kappa shape index (κ1) is 17.8. The molecule has 0 unspecified atom stereocenters. The lowest BCUT2D eigenvalue weighted by Gasteiger charge is -2.30. The molecule has 1 saturated heterocycles. The van der Waals surface area contributed by atoms with Crippen LogP contribution in [0.3, 0.4) is 0 Å². The molecule has 0 spiro atoms. The summed E-state index contributed by atoms with van der Waals surface area (Å²) in [6.45, 7) is 5.67. The molecule has 1 fully saturated rings. The third-order valence-electron chi connectivity index (χ3n) is 4.89. The van der Waals surface area contributed by atoms with Crippen molar-refractivity contribution in [2.45, 2.75) is 19.6 Å². The van der Waals surface area contributed by atoms with Gasteiger partial charge in [0.15, 0.2) is 0 Å². The summed E-state index contributed by atoms with van der Waals surface area (Å²) in [5.74, 6) is 0.852. The number of methoxy groups -OCH3 is 1. The Morgan fingerprint density at radius 2 is 1.89 bits per heavy atom. The highest BCUT2D eigenvalue weighted by Gasteiger charge is 2.20. The van der Waals surface area contributed by atoms with Gasteiger partial charge in [-0.15, -0.1) is 0 Å². The van der Waals surface area contributed by atoms with Gasteiger partial charge >= 0.3 is 0 Å². The molecule has 0 bridgehead atoms. The van der Waals surface area contributed by atoms with Crippen LogP contribution < -0.4 is 4.74 Å². The fraction of sp³-hybridized carbons (Fsp3) is 0.318. The van der Waals surface area contributed by atoms with Gasteiger partial charge in [-0.2, -0.15) is 5.10 Å². The van der Waals surface area contributed by atoms with Gasteiger partial charge in [0.1, 0.15) is 5.75 Å². The molecule has 1 aromatic heterocycles. The van der Waals surface area contributed by atoms with E-state index in [0.29, 0.717) is 0 Å². The summed E-state index contributed by atoms with van der Waals surface area (Å²) in [5, 5.41) is 4.91. The SMILES string of the molecule is COc1ccc(-c2nn(-c3ccccc3)cc2CN2CCO[C@H](C)C2)cc1. The molecular formula is C22H25N3O2. The van der Waals surface area contributed by atoms with Crippen molar-refractivity contribution in [1.82, 2.24) is 14.7 Å². The zero-order valence-electron chi connectivity index (χ0n) is 15.8. The number of benzene rings is 2. The molecule has 1 aliphatic rings. The van der Waals surface area contributed by atoms with Gasteiger partial charge in [0.2, 0.25) is 0 Å². The lowest BCUT2D eigenvalue weighted by Crippen LogP contribution is -2.40. The van der Waals surface area contributed by atoms with Crippen LogP contribution in [0.4, 0.5) is 0 Å². The highest BCUT2D eigenvalue weighted by atomic mass is 16.5. The van der Waals surface area contributed by atoms with Gasteiger partial charge in [-0.3, -0.25) is 4.90 Å². The fourth-order valence-electron chi connectivity index (χ4n) is 3.51. The van der Waals surface area contributed by atoms with Crippen LogP contribution in [0.2, 0.25) is 0 Å². The van der Waals surface area contributed by atoms with Crippen molar-refractivity contribution in [1.29, 1.82) is 0 Å². The number of ether oxygens (including phenoxy) is 2. The van der Waals surface area contributed by atoms with Crippen molar-refractivity contribution in [3.63, 3.8) is 0 Å². The van der Waals surface area contributed by atoms with Crippen LogP contribution in [-0.2, 0) is 11.3 Å². The van der Waals surface area contributed by atoms with Crippen LogP contribution in [0.25, 0.3) is 16.9 Å².